The fourth-order valence-electron chi connectivity index (χ4n) is 3.29. The zero-order valence-corrected chi connectivity index (χ0v) is 15.9. The Hall–Kier alpha value is -3.94. The van der Waals surface area contributed by atoms with Crippen molar-refractivity contribution in [3.8, 4) is 0 Å². The van der Waals surface area contributed by atoms with Crippen molar-refractivity contribution in [2.75, 3.05) is 5.32 Å². The van der Waals surface area contributed by atoms with Crippen LogP contribution < -0.4 is 16.2 Å². The number of carbonyl (C=O) groups excluding carboxylic acids is 2. The van der Waals surface area contributed by atoms with E-state index in [9.17, 15) is 14.4 Å². The molecule has 0 saturated heterocycles. The minimum atomic E-state index is -0.358. The Morgan fingerprint density at radius 2 is 1.93 bits per heavy atom. The van der Waals surface area contributed by atoms with Gasteiger partial charge in [-0.05, 0) is 36.8 Å². The predicted octanol–water partition coefficient (Wildman–Crippen LogP) is 2.63. The number of carbonyl (C=O) groups is 2. The topological polar surface area (TPSA) is 108 Å². The fraction of sp³-hybridized carbons (Fsp3) is 0.143. The molecule has 1 atom stereocenters. The zero-order chi connectivity index (χ0) is 20.5. The van der Waals surface area contributed by atoms with E-state index >= 15 is 0 Å². The molecule has 146 valence electrons. The standard InChI is InChI=1S/C21H19N5O3/c1-12(14-6-5-7-15(10-14)24-13(2)27)23-21(29)17-11-22-26-18-9-4-3-8-16(18)20(28)25-19(17)26/h3-12H,1-2H3,(H,23,29)(H,24,27)(H,25,28). The van der Waals surface area contributed by atoms with E-state index in [1.54, 1.807) is 34.8 Å². The molecule has 2 amide bonds. The molecule has 0 aliphatic carbocycles. The number of hydrogen-bond acceptors (Lipinski definition) is 4. The van der Waals surface area contributed by atoms with Crippen molar-refractivity contribution in [3.05, 3.63) is 76.2 Å². The van der Waals surface area contributed by atoms with Crippen LogP contribution in [0.3, 0.4) is 0 Å². The third kappa shape index (κ3) is 3.47. The first-order valence-corrected chi connectivity index (χ1v) is 9.11. The quantitative estimate of drug-likeness (QED) is 0.498. The minimum Gasteiger partial charge on any atom is -0.345 e. The number of fused-ring (bicyclic) bond motifs is 3. The lowest BCUT2D eigenvalue weighted by atomic mass is 10.1. The molecule has 0 fully saturated rings. The summed E-state index contributed by atoms with van der Waals surface area (Å²) in [7, 11) is 0. The molecule has 0 bridgehead atoms. The van der Waals surface area contributed by atoms with Crippen molar-refractivity contribution in [2.24, 2.45) is 0 Å². The number of amides is 2. The number of anilines is 1. The maximum Gasteiger partial charge on any atom is 0.259 e. The van der Waals surface area contributed by atoms with Gasteiger partial charge in [0.25, 0.3) is 11.5 Å². The first-order valence-electron chi connectivity index (χ1n) is 9.11. The van der Waals surface area contributed by atoms with Gasteiger partial charge in [0.05, 0.1) is 23.1 Å². The summed E-state index contributed by atoms with van der Waals surface area (Å²) in [6, 6.07) is 14.0. The Bertz CT molecular complexity index is 1300. The lowest BCUT2D eigenvalue weighted by Crippen LogP contribution is -2.27. The van der Waals surface area contributed by atoms with Crippen molar-refractivity contribution < 1.29 is 9.59 Å². The number of para-hydroxylation sites is 1. The van der Waals surface area contributed by atoms with Gasteiger partial charge in [-0.1, -0.05) is 24.3 Å². The van der Waals surface area contributed by atoms with Gasteiger partial charge in [0, 0.05) is 12.6 Å². The molecule has 3 N–H and O–H groups in total. The summed E-state index contributed by atoms with van der Waals surface area (Å²) >= 11 is 0. The van der Waals surface area contributed by atoms with Crippen LogP contribution in [-0.2, 0) is 4.79 Å². The Morgan fingerprint density at radius 3 is 2.72 bits per heavy atom. The smallest absolute Gasteiger partial charge is 0.259 e. The molecule has 0 saturated carbocycles. The number of nitrogens with one attached hydrogen (secondary N) is 3. The first-order chi connectivity index (χ1) is 13.9. The van der Waals surface area contributed by atoms with Gasteiger partial charge < -0.3 is 15.6 Å². The summed E-state index contributed by atoms with van der Waals surface area (Å²) in [5.74, 6) is -0.523. The molecule has 0 radical (unpaired) electrons. The zero-order valence-electron chi connectivity index (χ0n) is 15.9. The highest BCUT2D eigenvalue weighted by Gasteiger charge is 2.18. The van der Waals surface area contributed by atoms with Crippen LogP contribution >= 0.6 is 0 Å². The van der Waals surface area contributed by atoms with E-state index in [1.165, 1.54) is 13.1 Å². The number of H-pyrrole nitrogens is 1. The number of nitrogens with zero attached hydrogens (tertiary/aromatic N) is 2. The largest absolute Gasteiger partial charge is 0.345 e. The second kappa shape index (κ2) is 7.23. The van der Waals surface area contributed by atoms with Gasteiger partial charge in [0.15, 0.2) is 0 Å². The normalized spacial score (nSPS) is 12.1. The number of rotatable bonds is 4. The molecule has 29 heavy (non-hydrogen) atoms. The van der Waals surface area contributed by atoms with E-state index in [2.05, 4.69) is 20.7 Å². The third-order valence-electron chi connectivity index (χ3n) is 4.68. The third-order valence-corrected chi connectivity index (χ3v) is 4.68. The molecule has 8 heteroatoms. The molecule has 2 aromatic heterocycles. The van der Waals surface area contributed by atoms with Gasteiger partial charge in [-0.3, -0.25) is 14.4 Å². The number of aromatic nitrogens is 3. The van der Waals surface area contributed by atoms with Crippen LogP contribution in [-0.4, -0.2) is 26.4 Å². The van der Waals surface area contributed by atoms with Gasteiger partial charge in [0.2, 0.25) is 5.91 Å². The van der Waals surface area contributed by atoms with E-state index in [4.69, 9.17) is 0 Å². The highest BCUT2D eigenvalue weighted by Crippen LogP contribution is 2.19. The second-order valence-electron chi connectivity index (χ2n) is 6.79. The average molecular weight is 389 g/mol. The van der Waals surface area contributed by atoms with Gasteiger partial charge in [-0.2, -0.15) is 5.10 Å². The van der Waals surface area contributed by atoms with Crippen molar-refractivity contribution in [1.82, 2.24) is 19.9 Å². The van der Waals surface area contributed by atoms with Gasteiger partial charge in [-0.15, -0.1) is 0 Å². The van der Waals surface area contributed by atoms with Gasteiger partial charge >= 0.3 is 0 Å². The number of benzene rings is 2. The van der Waals surface area contributed by atoms with Crippen LogP contribution in [0.4, 0.5) is 5.69 Å². The lowest BCUT2D eigenvalue weighted by Gasteiger charge is -2.15. The van der Waals surface area contributed by atoms with Crippen molar-refractivity contribution in [1.29, 1.82) is 0 Å². The molecule has 8 nitrogen and oxygen atoms in total. The summed E-state index contributed by atoms with van der Waals surface area (Å²) in [5.41, 5.74) is 2.45. The maximum atomic E-state index is 12.9. The van der Waals surface area contributed by atoms with Crippen LogP contribution in [0.1, 0.15) is 35.8 Å². The molecule has 1 unspecified atom stereocenters. The molecular formula is C21H19N5O3. The van der Waals surface area contributed by atoms with E-state index in [-0.39, 0.29) is 29.0 Å². The fourth-order valence-corrected chi connectivity index (χ4v) is 3.29. The molecule has 0 aliphatic rings. The molecule has 4 aromatic rings. The lowest BCUT2D eigenvalue weighted by molar-refractivity contribution is -0.114. The minimum absolute atomic E-state index is 0.165. The molecule has 0 spiro atoms. The summed E-state index contributed by atoms with van der Waals surface area (Å²) < 4.78 is 1.55. The van der Waals surface area contributed by atoms with Crippen LogP contribution in [0.15, 0.2) is 59.5 Å². The summed E-state index contributed by atoms with van der Waals surface area (Å²) in [4.78, 5) is 39.2. The van der Waals surface area contributed by atoms with Crippen LogP contribution in [0.5, 0.6) is 0 Å². The molecule has 2 heterocycles. The molecular weight excluding hydrogens is 370 g/mol. The number of aromatic amines is 1. The van der Waals surface area contributed by atoms with E-state index in [1.807, 2.05) is 25.1 Å². The van der Waals surface area contributed by atoms with Crippen LogP contribution in [0, 0.1) is 0 Å². The maximum absolute atomic E-state index is 12.9. The first kappa shape index (κ1) is 18.4. The van der Waals surface area contributed by atoms with Crippen molar-refractivity contribution >= 4 is 34.1 Å². The molecule has 2 aromatic carbocycles. The summed E-state index contributed by atoms with van der Waals surface area (Å²) in [5, 5.41) is 10.4. The van der Waals surface area contributed by atoms with Crippen molar-refractivity contribution in [2.45, 2.75) is 19.9 Å². The SMILES string of the molecule is CC(=O)Nc1cccc(C(C)NC(=O)c2cnn3c2[nH]c(=O)c2ccccc23)c1. The Kier molecular flexibility index (Phi) is 4.59. The Labute approximate surface area is 165 Å². The highest BCUT2D eigenvalue weighted by atomic mass is 16.2. The van der Waals surface area contributed by atoms with Crippen molar-refractivity contribution in [3.63, 3.8) is 0 Å². The summed E-state index contributed by atoms with van der Waals surface area (Å²) in [6.45, 7) is 3.28. The predicted molar refractivity (Wildman–Crippen MR) is 110 cm³/mol. The number of hydrogen-bond donors (Lipinski definition) is 3. The van der Waals surface area contributed by atoms with E-state index in [0.29, 0.717) is 22.2 Å². The van der Waals surface area contributed by atoms with E-state index in [0.717, 1.165) is 5.56 Å². The Balaban J connectivity index is 1.64. The molecule has 0 aliphatic heterocycles. The monoisotopic (exact) mass is 389 g/mol. The highest BCUT2D eigenvalue weighted by molar-refractivity contribution is 6.00. The summed E-state index contributed by atoms with van der Waals surface area (Å²) in [6.07, 6.45) is 1.44. The molecule has 4 rings (SSSR count). The van der Waals surface area contributed by atoms with Crippen LogP contribution in [0.2, 0.25) is 0 Å². The average Bonchev–Trinajstić information content (AvgIpc) is 3.12. The van der Waals surface area contributed by atoms with E-state index < -0.39 is 0 Å². The van der Waals surface area contributed by atoms with Gasteiger partial charge in [0.1, 0.15) is 11.2 Å². The van der Waals surface area contributed by atoms with Crippen LogP contribution in [0.25, 0.3) is 16.6 Å². The van der Waals surface area contributed by atoms with Gasteiger partial charge in [-0.25, -0.2) is 4.52 Å². The second-order valence-corrected chi connectivity index (χ2v) is 6.79. The Morgan fingerprint density at radius 1 is 1.14 bits per heavy atom.